The Kier molecular flexibility index (Phi) is 36.5. The van der Waals surface area contributed by atoms with Gasteiger partial charge in [-0.15, -0.1) is 0 Å². The van der Waals surface area contributed by atoms with Gasteiger partial charge in [0.1, 0.15) is 36.6 Å². The molecule has 350 valence electrons. The van der Waals surface area contributed by atoms with Gasteiger partial charge in [-0.3, -0.25) is 4.79 Å². The second kappa shape index (κ2) is 38.5. The molecule has 1 amide bonds. The number of unbranched alkanes of at least 4 members (excludes halogenated alkanes) is 27. The van der Waals surface area contributed by atoms with Crippen LogP contribution in [0.3, 0.4) is 0 Å². The Hall–Kier alpha value is -1.15. The summed E-state index contributed by atoms with van der Waals surface area (Å²) in [5.41, 5.74) is 0. The fourth-order valence-corrected chi connectivity index (χ4v) is 7.96. The average Bonchev–Trinajstić information content (AvgIpc) is 3.23. The molecule has 0 aromatic rings. The number of aliphatic hydroxyl groups excluding tert-OH is 7. The van der Waals surface area contributed by atoms with Gasteiger partial charge < -0.3 is 50.5 Å². The van der Waals surface area contributed by atoms with Gasteiger partial charge in [0.25, 0.3) is 0 Å². The van der Waals surface area contributed by atoms with Crippen LogP contribution in [0.1, 0.15) is 219 Å². The Morgan fingerprint density at radius 1 is 0.576 bits per heavy atom. The van der Waals surface area contributed by atoms with Gasteiger partial charge in [-0.2, -0.15) is 0 Å². The van der Waals surface area contributed by atoms with Crippen molar-refractivity contribution in [2.24, 2.45) is 0 Å². The van der Waals surface area contributed by atoms with Crippen LogP contribution in [0.4, 0.5) is 0 Å². The average molecular weight is 844 g/mol. The second-order valence-electron chi connectivity index (χ2n) is 17.5. The molecular weight excluding hydrogens is 751 g/mol. The standard InChI is InChI=1S/C48H93NO10/c1-3-5-7-9-11-13-15-17-18-19-20-21-22-23-24-26-28-30-32-34-36-41(52)47(57)49-39(38-58-48-46(56)45(55)44(54)42(37-50)59-48)43(53)40(51)35-33-31-29-27-25-16-14-12-10-8-6-4-2/h25,27,39-46,48,50-56H,3-24,26,28-38H2,1-2H3,(H,49,57)/b27-25-/t39?,40-,41+,42-,43+,44-,45+,46-,48-/m1/s1. The molecule has 11 heteroatoms. The summed E-state index contributed by atoms with van der Waals surface area (Å²) >= 11 is 0. The van der Waals surface area contributed by atoms with Crippen molar-refractivity contribution in [3.8, 4) is 0 Å². The van der Waals surface area contributed by atoms with Crippen molar-refractivity contribution in [3.05, 3.63) is 12.2 Å². The lowest BCUT2D eigenvalue weighted by molar-refractivity contribution is -0.303. The molecule has 9 atom stereocenters. The molecule has 1 fully saturated rings. The highest BCUT2D eigenvalue weighted by molar-refractivity contribution is 5.80. The molecule has 1 saturated heterocycles. The highest BCUT2D eigenvalue weighted by Gasteiger charge is 2.44. The van der Waals surface area contributed by atoms with Gasteiger partial charge >= 0.3 is 0 Å². The zero-order valence-electron chi connectivity index (χ0n) is 37.7. The molecule has 1 aliphatic heterocycles. The van der Waals surface area contributed by atoms with E-state index in [9.17, 15) is 40.5 Å². The number of carbonyl (C=O) groups is 1. The second-order valence-corrected chi connectivity index (χ2v) is 17.5. The summed E-state index contributed by atoms with van der Waals surface area (Å²) in [7, 11) is 0. The van der Waals surface area contributed by atoms with Crippen molar-refractivity contribution in [1.29, 1.82) is 0 Å². The molecule has 1 unspecified atom stereocenters. The first-order valence-corrected chi connectivity index (χ1v) is 24.6. The number of ether oxygens (including phenoxy) is 2. The van der Waals surface area contributed by atoms with Crippen LogP contribution in [-0.4, -0.2) is 110 Å². The van der Waals surface area contributed by atoms with Crippen LogP contribution < -0.4 is 5.32 Å². The molecule has 0 aliphatic carbocycles. The highest BCUT2D eigenvalue weighted by Crippen LogP contribution is 2.23. The van der Waals surface area contributed by atoms with Crippen molar-refractivity contribution < 1.29 is 50.0 Å². The van der Waals surface area contributed by atoms with E-state index in [1.165, 1.54) is 141 Å². The molecule has 0 aromatic heterocycles. The summed E-state index contributed by atoms with van der Waals surface area (Å²) < 4.78 is 11.1. The summed E-state index contributed by atoms with van der Waals surface area (Å²) in [6.07, 6.45) is 29.8. The Morgan fingerprint density at radius 2 is 0.983 bits per heavy atom. The van der Waals surface area contributed by atoms with E-state index in [2.05, 4.69) is 31.3 Å². The number of rotatable bonds is 41. The van der Waals surface area contributed by atoms with Gasteiger partial charge in [0.05, 0.1) is 25.4 Å². The van der Waals surface area contributed by atoms with E-state index in [-0.39, 0.29) is 12.8 Å². The molecule has 1 rings (SSSR count). The SMILES string of the molecule is CCCCCCCC/C=C\CCCC[C@@H](O)[C@@H](O)C(CO[C@@H]1O[C@H](CO)[C@@H](O)[C@H](O)[C@H]1O)NC(=O)[C@@H](O)CCCCCCCCCCCCCCCCCCCCCC. The molecule has 0 radical (unpaired) electrons. The van der Waals surface area contributed by atoms with E-state index in [0.717, 1.165) is 38.5 Å². The third-order valence-electron chi connectivity index (χ3n) is 12.1. The van der Waals surface area contributed by atoms with E-state index in [1.807, 2.05) is 0 Å². The number of hydrogen-bond donors (Lipinski definition) is 8. The summed E-state index contributed by atoms with van der Waals surface area (Å²) in [6, 6.07) is -1.17. The van der Waals surface area contributed by atoms with E-state index in [1.54, 1.807) is 0 Å². The maximum Gasteiger partial charge on any atom is 0.249 e. The summed E-state index contributed by atoms with van der Waals surface area (Å²) in [4.78, 5) is 13.1. The van der Waals surface area contributed by atoms with Gasteiger partial charge in [0.2, 0.25) is 5.91 Å². The largest absolute Gasteiger partial charge is 0.394 e. The van der Waals surface area contributed by atoms with Crippen LogP contribution in [0.25, 0.3) is 0 Å². The minimum atomic E-state index is -1.66. The van der Waals surface area contributed by atoms with Crippen molar-refractivity contribution in [2.75, 3.05) is 13.2 Å². The molecule has 1 heterocycles. The van der Waals surface area contributed by atoms with E-state index >= 15 is 0 Å². The van der Waals surface area contributed by atoms with Gasteiger partial charge in [-0.1, -0.05) is 193 Å². The monoisotopic (exact) mass is 844 g/mol. The Labute approximate surface area is 360 Å². The minimum absolute atomic E-state index is 0.260. The lowest BCUT2D eigenvalue weighted by Crippen LogP contribution is -2.60. The number of allylic oxidation sites excluding steroid dienone is 2. The van der Waals surface area contributed by atoms with Gasteiger partial charge in [0.15, 0.2) is 6.29 Å². The summed E-state index contributed by atoms with van der Waals surface area (Å²) in [5.74, 6) is -0.702. The maximum absolute atomic E-state index is 13.1. The number of hydrogen-bond acceptors (Lipinski definition) is 10. The summed E-state index contributed by atoms with van der Waals surface area (Å²) in [6.45, 7) is 3.43. The fourth-order valence-electron chi connectivity index (χ4n) is 7.96. The minimum Gasteiger partial charge on any atom is -0.394 e. The molecule has 59 heavy (non-hydrogen) atoms. The predicted octanol–water partition coefficient (Wildman–Crippen LogP) is 8.45. The van der Waals surface area contributed by atoms with Crippen LogP contribution in [0.15, 0.2) is 12.2 Å². The van der Waals surface area contributed by atoms with Gasteiger partial charge in [0, 0.05) is 0 Å². The van der Waals surface area contributed by atoms with E-state index in [4.69, 9.17) is 9.47 Å². The Bertz CT molecular complexity index is 970. The van der Waals surface area contributed by atoms with Crippen LogP contribution in [-0.2, 0) is 14.3 Å². The first-order chi connectivity index (χ1) is 28.7. The zero-order valence-corrected chi connectivity index (χ0v) is 37.7. The van der Waals surface area contributed by atoms with Crippen LogP contribution in [0.5, 0.6) is 0 Å². The molecule has 0 spiro atoms. The quantitative estimate of drug-likeness (QED) is 0.0219. The van der Waals surface area contributed by atoms with Crippen LogP contribution in [0.2, 0.25) is 0 Å². The third kappa shape index (κ3) is 28.2. The molecule has 0 bridgehead atoms. The number of aliphatic hydroxyl groups is 7. The predicted molar refractivity (Wildman–Crippen MR) is 238 cm³/mol. The van der Waals surface area contributed by atoms with Gasteiger partial charge in [-0.25, -0.2) is 0 Å². The number of amides is 1. The fraction of sp³-hybridized carbons (Fsp3) is 0.938. The molecule has 0 saturated carbocycles. The Balaban J connectivity index is 2.39. The lowest BCUT2D eigenvalue weighted by Gasteiger charge is -2.40. The van der Waals surface area contributed by atoms with Gasteiger partial charge in [-0.05, 0) is 38.5 Å². The molecule has 8 N–H and O–H groups in total. The highest BCUT2D eigenvalue weighted by atomic mass is 16.7. The maximum atomic E-state index is 13.1. The third-order valence-corrected chi connectivity index (χ3v) is 12.1. The van der Waals surface area contributed by atoms with Crippen molar-refractivity contribution in [3.63, 3.8) is 0 Å². The first kappa shape index (κ1) is 55.9. The van der Waals surface area contributed by atoms with Crippen molar-refractivity contribution in [1.82, 2.24) is 5.32 Å². The van der Waals surface area contributed by atoms with Crippen molar-refractivity contribution >= 4 is 5.91 Å². The summed E-state index contributed by atoms with van der Waals surface area (Å²) in [5, 5.41) is 75.7. The molecule has 1 aliphatic rings. The molecular formula is C48H93NO10. The molecule has 0 aromatic carbocycles. The smallest absolute Gasteiger partial charge is 0.249 e. The van der Waals surface area contributed by atoms with Crippen LogP contribution >= 0.6 is 0 Å². The zero-order chi connectivity index (χ0) is 43.4. The van der Waals surface area contributed by atoms with Crippen molar-refractivity contribution in [2.45, 2.75) is 274 Å². The van der Waals surface area contributed by atoms with E-state index in [0.29, 0.717) is 12.8 Å². The molecule has 11 nitrogen and oxygen atoms in total. The normalized spacial score (nSPS) is 21.8. The number of carbonyl (C=O) groups excluding carboxylic acids is 1. The lowest BCUT2D eigenvalue weighted by atomic mass is 9.98. The Morgan fingerprint density at radius 3 is 1.44 bits per heavy atom. The topological polar surface area (TPSA) is 189 Å². The van der Waals surface area contributed by atoms with Crippen LogP contribution in [0, 0.1) is 0 Å². The first-order valence-electron chi connectivity index (χ1n) is 24.6. The van der Waals surface area contributed by atoms with E-state index < -0.39 is 74.2 Å². The number of nitrogens with one attached hydrogen (secondary N) is 1.